The van der Waals surface area contributed by atoms with Crippen molar-refractivity contribution in [2.24, 2.45) is 5.73 Å². The third-order valence-electron chi connectivity index (χ3n) is 2.17. The molecule has 3 N–H and O–H groups in total. The van der Waals surface area contributed by atoms with Crippen LogP contribution in [0.15, 0.2) is 18.6 Å². The third kappa shape index (κ3) is 5.41. The van der Waals surface area contributed by atoms with Gasteiger partial charge in [0.2, 0.25) is 5.91 Å². The third-order valence-corrected chi connectivity index (χ3v) is 2.17. The van der Waals surface area contributed by atoms with E-state index in [1.165, 1.54) is 6.33 Å². The molecule has 1 unspecified atom stereocenters. The molecule has 0 spiro atoms. The molecule has 0 bridgehead atoms. The quantitative estimate of drug-likeness (QED) is 0.739. The van der Waals surface area contributed by atoms with E-state index >= 15 is 0 Å². The molecule has 0 saturated heterocycles. The fraction of sp³-hybridized carbons (Fsp3) is 0.545. The van der Waals surface area contributed by atoms with Crippen molar-refractivity contribution >= 4 is 5.91 Å². The van der Waals surface area contributed by atoms with Gasteiger partial charge in [0, 0.05) is 18.7 Å². The van der Waals surface area contributed by atoms with Crippen molar-refractivity contribution in [3.8, 4) is 0 Å². The van der Waals surface area contributed by atoms with E-state index in [1.807, 2.05) is 6.92 Å². The average Bonchev–Trinajstić information content (AvgIpc) is 2.27. The number of hydrogen-bond donors (Lipinski definition) is 2. The maximum Gasteiger partial charge on any atom is 0.220 e. The number of nitrogens with zero attached hydrogens (tertiary/aromatic N) is 2. The highest BCUT2D eigenvalue weighted by Crippen LogP contribution is 1.98. The number of nitrogens with two attached hydrogens (primary N) is 1. The minimum Gasteiger partial charge on any atom is -0.350 e. The molecule has 1 amide bonds. The molecule has 16 heavy (non-hydrogen) atoms. The van der Waals surface area contributed by atoms with E-state index in [1.54, 1.807) is 12.3 Å². The van der Waals surface area contributed by atoms with Gasteiger partial charge in [0.25, 0.3) is 0 Å². The molecule has 0 radical (unpaired) electrons. The molecule has 5 heteroatoms. The number of nitrogens with one attached hydrogen (secondary N) is 1. The summed E-state index contributed by atoms with van der Waals surface area (Å²) in [6, 6.07) is 1.94. The van der Waals surface area contributed by atoms with E-state index in [4.69, 9.17) is 5.73 Å². The Balaban J connectivity index is 2.16. The summed E-state index contributed by atoms with van der Waals surface area (Å²) in [6.45, 7) is 2.40. The second-order valence-electron chi connectivity index (χ2n) is 3.85. The van der Waals surface area contributed by atoms with E-state index in [0.717, 1.165) is 18.5 Å². The van der Waals surface area contributed by atoms with Gasteiger partial charge in [-0.25, -0.2) is 9.97 Å². The zero-order valence-corrected chi connectivity index (χ0v) is 9.52. The highest BCUT2D eigenvalue weighted by Gasteiger charge is 2.02. The van der Waals surface area contributed by atoms with Crippen LogP contribution in [-0.2, 0) is 11.3 Å². The molecule has 88 valence electrons. The first-order chi connectivity index (χ1) is 7.68. The molecular formula is C11H18N4O. The standard InChI is InChI=1S/C11H18N4O/c1-9(12)3-2-4-11(16)14-7-10-5-6-13-8-15-10/h5-6,8-9H,2-4,7,12H2,1H3,(H,14,16). The van der Waals surface area contributed by atoms with Crippen molar-refractivity contribution in [2.45, 2.75) is 38.8 Å². The fourth-order valence-electron chi connectivity index (χ4n) is 1.28. The van der Waals surface area contributed by atoms with Crippen molar-refractivity contribution < 1.29 is 4.79 Å². The second kappa shape index (κ2) is 6.90. The lowest BCUT2D eigenvalue weighted by molar-refractivity contribution is -0.121. The monoisotopic (exact) mass is 222 g/mol. The van der Waals surface area contributed by atoms with Crippen LogP contribution < -0.4 is 11.1 Å². The van der Waals surface area contributed by atoms with Gasteiger partial charge in [0.15, 0.2) is 0 Å². The molecule has 0 saturated carbocycles. The van der Waals surface area contributed by atoms with Crippen molar-refractivity contribution in [3.63, 3.8) is 0 Å². The zero-order valence-electron chi connectivity index (χ0n) is 9.52. The summed E-state index contributed by atoms with van der Waals surface area (Å²) < 4.78 is 0. The maximum absolute atomic E-state index is 11.4. The van der Waals surface area contributed by atoms with Gasteiger partial charge in [-0.15, -0.1) is 0 Å². The molecule has 1 aromatic rings. The van der Waals surface area contributed by atoms with E-state index in [9.17, 15) is 4.79 Å². The van der Waals surface area contributed by atoms with Gasteiger partial charge in [0.1, 0.15) is 6.33 Å². The zero-order chi connectivity index (χ0) is 11.8. The molecule has 1 rings (SSSR count). The van der Waals surface area contributed by atoms with Gasteiger partial charge in [-0.1, -0.05) is 0 Å². The average molecular weight is 222 g/mol. The summed E-state index contributed by atoms with van der Waals surface area (Å²) in [5.41, 5.74) is 6.41. The van der Waals surface area contributed by atoms with E-state index < -0.39 is 0 Å². The molecule has 5 nitrogen and oxygen atoms in total. The summed E-state index contributed by atoms with van der Waals surface area (Å²) >= 11 is 0. The van der Waals surface area contributed by atoms with Crippen LogP contribution in [0.4, 0.5) is 0 Å². The van der Waals surface area contributed by atoms with Crippen LogP contribution >= 0.6 is 0 Å². The SMILES string of the molecule is CC(N)CCCC(=O)NCc1ccncn1. The van der Waals surface area contributed by atoms with Crippen LogP contribution in [0.2, 0.25) is 0 Å². The largest absolute Gasteiger partial charge is 0.350 e. The molecular weight excluding hydrogens is 204 g/mol. The highest BCUT2D eigenvalue weighted by molar-refractivity contribution is 5.75. The molecule has 0 aliphatic heterocycles. The summed E-state index contributed by atoms with van der Waals surface area (Å²) in [4.78, 5) is 19.2. The Hall–Kier alpha value is -1.49. The Morgan fingerprint density at radius 1 is 1.62 bits per heavy atom. The van der Waals surface area contributed by atoms with Gasteiger partial charge in [-0.2, -0.15) is 0 Å². The van der Waals surface area contributed by atoms with Crippen LogP contribution in [0.1, 0.15) is 31.9 Å². The number of amides is 1. The van der Waals surface area contributed by atoms with E-state index in [-0.39, 0.29) is 11.9 Å². The minimum atomic E-state index is 0.0410. The lowest BCUT2D eigenvalue weighted by atomic mass is 10.1. The Morgan fingerprint density at radius 2 is 2.44 bits per heavy atom. The summed E-state index contributed by atoms with van der Waals surface area (Å²) in [5.74, 6) is 0.0410. The lowest BCUT2D eigenvalue weighted by Crippen LogP contribution is -2.23. The van der Waals surface area contributed by atoms with E-state index in [0.29, 0.717) is 13.0 Å². The topological polar surface area (TPSA) is 80.9 Å². The van der Waals surface area contributed by atoms with Gasteiger partial charge >= 0.3 is 0 Å². The van der Waals surface area contributed by atoms with Gasteiger partial charge in [-0.3, -0.25) is 4.79 Å². The Morgan fingerprint density at radius 3 is 3.06 bits per heavy atom. The second-order valence-corrected chi connectivity index (χ2v) is 3.85. The van der Waals surface area contributed by atoms with Crippen LogP contribution in [0.3, 0.4) is 0 Å². The number of rotatable bonds is 6. The van der Waals surface area contributed by atoms with Crippen LogP contribution in [-0.4, -0.2) is 21.9 Å². The summed E-state index contributed by atoms with van der Waals surface area (Å²) in [6.07, 6.45) is 5.35. The van der Waals surface area contributed by atoms with Gasteiger partial charge < -0.3 is 11.1 Å². The maximum atomic E-state index is 11.4. The van der Waals surface area contributed by atoms with Crippen molar-refractivity contribution in [1.29, 1.82) is 0 Å². The van der Waals surface area contributed by atoms with Crippen LogP contribution in [0, 0.1) is 0 Å². The first-order valence-corrected chi connectivity index (χ1v) is 5.45. The number of hydrogen-bond acceptors (Lipinski definition) is 4. The molecule has 0 aliphatic carbocycles. The first kappa shape index (κ1) is 12.6. The highest BCUT2D eigenvalue weighted by atomic mass is 16.1. The number of carbonyl (C=O) groups is 1. The van der Waals surface area contributed by atoms with Crippen LogP contribution in [0.25, 0.3) is 0 Å². The van der Waals surface area contributed by atoms with E-state index in [2.05, 4.69) is 15.3 Å². The van der Waals surface area contributed by atoms with Gasteiger partial charge in [-0.05, 0) is 25.8 Å². The Bertz CT molecular complexity index is 313. The molecule has 0 aliphatic rings. The molecule has 1 aromatic heterocycles. The number of aromatic nitrogens is 2. The van der Waals surface area contributed by atoms with Crippen molar-refractivity contribution in [1.82, 2.24) is 15.3 Å². The molecule has 1 heterocycles. The van der Waals surface area contributed by atoms with Crippen molar-refractivity contribution in [3.05, 3.63) is 24.3 Å². The Kier molecular flexibility index (Phi) is 5.42. The number of carbonyl (C=O) groups excluding carboxylic acids is 1. The normalized spacial score (nSPS) is 12.1. The predicted octanol–water partition coefficient (Wildman–Crippen LogP) is 0.610. The fourth-order valence-corrected chi connectivity index (χ4v) is 1.28. The lowest BCUT2D eigenvalue weighted by Gasteiger charge is -2.06. The molecule has 1 atom stereocenters. The van der Waals surface area contributed by atoms with Gasteiger partial charge in [0.05, 0.1) is 12.2 Å². The van der Waals surface area contributed by atoms with Crippen molar-refractivity contribution in [2.75, 3.05) is 0 Å². The molecule has 0 aromatic carbocycles. The Labute approximate surface area is 95.5 Å². The minimum absolute atomic E-state index is 0.0410. The first-order valence-electron chi connectivity index (χ1n) is 5.45. The summed E-state index contributed by atoms with van der Waals surface area (Å²) in [5, 5.41) is 2.80. The predicted molar refractivity (Wildman–Crippen MR) is 61.4 cm³/mol. The van der Waals surface area contributed by atoms with Crippen LogP contribution in [0.5, 0.6) is 0 Å². The summed E-state index contributed by atoms with van der Waals surface area (Å²) in [7, 11) is 0. The smallest absolute Gasteiger partial charge is 0.220 e. The molecule has 0 fully saturated rings.